The minimum atomic E-state index is 0. The molecule has 0 unspecified atom stereocenters. The van der Waals surface area contributed by atoms with Crippen molar-refractivity contribution < 1.29 is 0 Å². The van der Waals surface area contributed by atoms with Crippen molar-refractivity contribution in [1.29, 1.82) is 0 Å². The topological polar surface area (TPSA) is 82.0 Å². The molecule has 0 aromatic carbocycles. The van der Waals surface area contributed by atoms with E-state index in [9.17, 15) is 0 Å². The van der Waals surface area contributed by atoms with Gasteiger partial charge in [-0.05, 0) is 44.5 Å². The molecule has 0 amide bonds. The van der Waals surface area contributed by atoms with Crippen LogP contribution in [0.5, 0.6) is 0 Å². The first-order valence-electron chi connectivity index (χ1n) is 6.46. The lowest BCUT2D eigenvalue weighted by molar-refractivity contribution is 0.897. The molecule has 0 aliphatic rings. The molecule has 3 aromatic rings. The van der Waals surface area contributed by atoms with Gasteiger partial charge >= 0.3 is 0 Å². The van der Waals surface area contributed by atoms with E-state index in [2.05, 4.69) is 27.2 Å². The van der Waals surface area contributed by atoms with Crippen molar-refractivity contribution in [2.45, 2.75) is 34.6 Å². The number of aromatic nitrogens is 5. The number of hydrogen-bond acceptors (Lipinski definition) is 5. The highest BCUT2D eigenvalue weighted by molar-refractivity contribution is 5.38. The van der Waals surface area contributed by atoms with Gasteiger partial charge in [0.05, 0.1) is 23.3 Å². The van der Waals surface area contributed by atoms with Gasteiger partial charge in [-0.2, -0.15) is 10.2 Å². The standard InChI is InChI=1S/C9H11N3.C5H7N3.CH4/c1-3-8-6-12-9(10-8)5-4-7(2)11-12;1-4-2-3-5(6)8-7-4;/h4-6H,3H2,1-2H3;2-3H,1H3,(H2,6,8);1H4. The molecule has 3 aromatic heterocycles. The second-order valence-electron chi connectivity index (χ2n) is 4.46. The number of aryl methyl sites for hydroxylation is 3. The second-order valence-corrected chi connectivity index (χ2v) is 4.46. The monoisotopic (exact) mass is 286 g/mol. The summed E-state index contributed by atoms with van der Waals surface area (Å²) in [6.45, 7) is 5.94. The summed E-state index contributed by atoms with van der Waals surface area (Å²) in [6, 6.07) is 7.51. The van der Waals surface area contributed by atoms with Crippen molar-refractivity contribution in [2.24, 2.45) is 0 Å². The van der Waals surface area contributed by atoms with E-state index in [-0.39, 0.29) is 7.43 Å². The number of imidazole rings is 1. The Hall–Kier alpha value is -2.50. The number of nitrogen functional groups attached to an aromatic ring is 1. The summed E-state index contributed by atoms with van der Waals surface area (Å²) in [5.41, 5.74) is 9.18. The number of fused-ring (bicyclic) bond motifs is 1. The summed E-state index contributed by atoms with van der Waals surface area (Å²) in [6.07, 6.45) is 2.94. The zero-order valence-corrected chi connectivity index (χ0v) is 11.9. The van der Waals surface area contributed by atoms with Crippen molar-refractivity contribution >= 4 is 11.5 Å². The van der Waals surface area contributed by atoms with Gasteiger partial charge in [0.15, 0.2) is 5.65 Å². The van der Waals surface area contributed by atoms with E-state index in [1.165, 1.54) is 0 Å². The van der Waals surface area contributed by atoms with Gasteiger partial charge in [0.25, 0.3) is 0 Å². The van der Waals surface area contributed by atoms with Crippen LogP contribution in [0.25, 0.3) is 5.65 Å². The van der Waals surface area contributed by atoms with Crippen LogP contribution in [0.3, 0.4) is 0 Å². The van der Waals surface area contributed by atoms with Crippen LogP contribution >= 0.6 is 0 Å². The van der Waals surface area contributed by atoms with Gasteiger partial charge in [-0.3, -0.25) is 0 Å². The molecule has 0 spiro atoms. The fourth-order valence-corrected chi connectivity index (χ4v) is 1.61. The van der Waals surface area contributed by atoms with Gasteiger partial charge in [-0.15, -0.1) is 5.10 Å². The number of hydrogen-bond donors (Lipinski definition) is 1. The summed E-state index contributed by atoms with van der Waals surface area (Å²) in [7, 11) is 0. The van der Waals surface area contributed by atoms with Gasteiger partial charge < -0.3 is 5.73 Å². The average molecular weight is 286 g/mol. The largest absolute Gasteiger partial charge is 0.382 e. The van der Waals surface area contributed by atoms with E-state index in [0.717, 1.165) is 29.1 Å². The number of nitrogens with zero attached hydrogens (tertiary/aromatic N) is 5. The first-order chi connectivity index (χ1) is 9.58. The summed E-state index contributed by atoms with van der Waals surface area (Å²) >= 11 is 0. The average Bonchev–Trinajstić information content (AvgIpc) is 2.85. The van der Waals surface area contributed by atoms with E-state index in [1.807, 2.05) is 42.8 Å². The van der Waals surface area contributed by atoms with E-state index < -0.39 is 0 Å². The summed E-state index contributed by atoms with van der Waals surface area (Å²) in [4.78, 5) is 4.37. The molecule has 112 valence electrons. The normalized spacial score (nSPS) is 9.67. The van der Waals surface area contributed by atoms with E-state index >= 15 is 0 Å². The molecule has 3 heterocycles. The van der Waals surface area contributed by atoms with Gasteiger partial charge in [-0.25, -0.2) is 9.50 Å². The molecular formula is C15H22N6. The molecule has 3 rings (SSSR count). The maximum atomic E-state index is 5.25. The van der Waals surface area contributed by atoms with E-state index in [1.54, 1.807) is 6.07 Å². The predicted molar refractivity (Wildman–Crippen MR) is 85.0 cm³/mol. The summed E-state index contributed by atoms with van der Waals surface area (Å²) in [5.74, 6) is 0.468. The second kappa shape index (κ2) is 7.33. The Morgan fingerprint density at radius 1 is 1.05 bits per heavy atom. The van der Waals surface area contributed by atoms with Crippen molar-refractivity contribution in [2.75, 3.05) is 5.73 Å². The lowest BCUT2D eigenvalue weighted by atomic mass is 10.4. The van der Waals surface area contributed by atoms with Gasteiger partial charge in [0, 0.05) is 0 Å². The Labute approximate surface area is 125 Å². The molecule has 0 saturated carbocycles. The molecule has 0 saturated heterocycles. The predicted octanol–water partition coefficient (Wildman–Crippen LogP) is 2.60. The quantitative estimate of drug-likeness (QED) is 0.743. The summed E-state index contributed by atoms with van der Waals surface area (Å²) < 4.78 is 1.83. The molecular weight excluding hydrogens is 264 g/mol. The zero-order chi connectivity index (χ0) is 14.5. The Morgan fingerprint density at radius 3 is 2.33 bits per heavy atom. The molecule has 0 bridgehead atoms. The Balaban J connectivity index is 0.000000216. The van der Waals surface area contributed by atoms with Gasteiger partial charge in [0.2, 0.25) is 0 Å². The van der Waals surface area contributed by atoms with Gasteiger partial charge in [-0.1, -0.05) is 14.4 Å². The van der Waals surface area contributed by atoms with Crippen molar-refractivity contribution in [3.05, 3.63) is 47.5 Å². The van der Waals surface area contributed by atoms with Crippen molar-refractivity contribution in [1.82, 2.24) is 24.8 Å². The Kier molecular flexibility index (Phi) is 5.78. The molecule has 6 nitrogen and oxygen atoms in total. The third-order valence-corrected chi connectivity index (χ3v) is 2.68. The molecule has 2 N–H and O–H groups in total. The van der Waals surface area contributed by atoms with Gasteiger partial charge in [0.1, 0.15) is 5.82 Å². The Bertz CT molecular complexity index is 666. The lowest BCUT2D eigenvalue weighted by Gasteiger charge is -1.91. The van der Waals surface area contributed by atoms with Crippen molar-refractivity contribution in [3.63, 3.8) is 0 Å². The number of anilines is 1. The third kappa shape index (κ3) is 4.52. The lowest BCUT2D eigenvalue weighted by Crippen LogP contribution is -1.92. The van der Waals surface area contributed by atoms with Crippen LogP contribution in [0, 0.1) is 13.8 Å². The molecule has 0 fully saturated rings. The number of nitrogens with two attached hydrogens (primary N) is 1. The summed E-state index contributed by atoms with van der Waals surface area (Å²) in [5, 5.41) is 11.6. The molecule has 21 heavy (non-hydrogen) atoms. The van der Waals surface area contributed by atoms with Crippen LogP contribution in [0.4, 0.5) is 5.82 Å². The van der Waals surface area contributed by atoms with Crippen LogP contribution in [0.15, 0.2) is 30.5 Å². The van der Waals surface area contributed by atoms with Crippen LogP contribution < -0.4 is 5.73 Å². The SMILES string of the molecule is C.CCc1cn2nc(C)ccc2n1.Cc1ccc(N)nn1. The minimum absolute atomic E-state index is 0. The maximum absolute atomic E-state index is 5.25. The van der Waals surface area contributed by atoms with E-state index in [0.29, 0.717) is 5.82 Å². The molecule has 0 atom stereocenters. The van der Waals surface area contributed by atoms with Crippen LogP contribution in [-0.4, -0.2) is 24.8 Å². The first kappa shape index (κ1) is 16.6. The number of rotatable bonds is 1. The Morgan fingerprint density at radius 2 is 1.76 bits per heavy atom. The zero-order valence-electron chi connectivity index (χ0n) is 11.9. The first-order valence-corrected chi connectivity index (χ1v) is 6.46. The highest BCUT2D eigenvalue weighted by Gasteiger charge is 1.99. The molecule has 6 heteroatoms. The fourth-order valence-electron chi connectivity index (χ4n) is 1.61. The van der Waals surface area contributed by atoms with Crippen LogP contribution in [-0.2, 0) is 6.42 Å². The maximum Gasteiger partial charge on any atom is 0.153 e. The molecule has 0 aliphatic heterocycles. The molecule has 0 radical (unpaired) electrons. The molecule has 0 aliphatic carbocycles. The minimum Gasteiger partial charge on any atom is -0.382 e. The smallest absolute Gasteiger partial charge is 0.153 e. The third-order valence-electron chi connectivity index (χ3n) is 2.68. The fraction of sp³-hybridized carbons (Fsp3) is 0.333. The van der Waals surface area contributed by atoms with Crippen LogP contribution in [0.2, 0.25) is 0 Å². The highest BCUT2D eigenvalue weighted by Crippen LogP contribution is 2.04. The van der Waals surface area contributed by atoms with E-state index in [4.69, 9.17) is 5.73 Å². The highest BCUT2D eigenvalue weighted by atomic mass is 15.2. The van der Waals surface area contributed by atoms with Crippen LogP contribution in [0.1, 0.15) is 31.4 Å². The van der Waals surface area contributed by atoms with Crippen molar-refractivity contribution in [3.8, 4) is 0 Å².